The van der Waals surface area contributed by atoms with Gasteiger partial charge in [0, 0.05) is 18.7 Å². The van der Waals surface area contributed by atoms with Crippen molar-refractivity contribution in [3.63, 3.8) is 0 Å². The van der Waals surface area contributed by atoms with Gasteiger partial charge in [-0.25, -0.2) is 9.18 Å². The number of benzene rings is 1. The van der Waals surface area contributed by atoms with Crippen LogP contribution in [-0.2, 0) is 7.05 Å². The Morgan fingerprint density at radius 1 is 1.33 bits per heavy atom. The maximum absolute atomic E-state index is 14.3. The summed E-state index contributed by atoms with van der Waals surface area (Å²) in [5.74, 6) is -1.20. The molecule has 3 aromatic rings. The first-order chi connectivity index (χ1) is 8.66. The molecule has 0 bridgehead atoms. The van der Waals surface area contributed by atoms with Crippen molar-refractivity contribution in [2.24, 2.45) is 7.05 Å². The zero-order valence-electron chi connectivity index (χ0n) is 9.42. The highest BCUT2D eigenvalue weighted by Gasteiger charge is 2.13. The first-order valence-corrected chi connectivity index (χ1v) is 5.23. The number of halogens is 1. The molecule has 18 heavy (non-hydrogen) atoms. The average molecular weight is 245 g/mol. The van der Waals surface area contributed by atoms with E-state index in [1.165, 1.54) is 18.5 Å². The van der Waals surface area contributed by atoms with E-state index >= 15 is 0 Å². The van der Waals surface area contributed by atoms with Gasteiger partial charge in [-0.1, -0.05) is 0 Å². The Labute approximate surface area is 100 Å². The maximum atomic E-state index is 14.3. The van der Waals surface area contributed by atoms with Crippen LogP contribution in [0.3, 0.4) is 0 Å². The molecule has 0 amide bonds. The van der Waals surface area contributed by atoms with Crippen LogP contribution in [0.15, 0.2) is 39.9 Å². The highest BCUT2D eigenvalue weighted by atomic mass is 19.1. The SMILES string of the molecule is Cn1ncc2c(F)c(-c3ccoc(=O)n3)ccc21. The Balaban J connectivity index is 2.30. The molecule has 0 saturated heterocycles. The zero-order valence-corrected chi connectivity index (χ0v) is 9.42. The molecule has 90 valence electrons. The lowest BCUT2D eigenvalue weighted by atomic mass is 10.1. The van der Waals surface area contributed by atoms with E-state index in [1.54, 1.807) is 23.9 Å². The van der Waals surface area contributed by atoms with Gasteiger partial charge in [0.2, 0.25) is 0 Å². The second-order valence-electron chi connectivity index (χ2n) is 3.81. The van der Waals surface area contributed by atoms with E-state index in [0.29, 0.717) is 10.9 Å². The number of hydrogen-bond donors (Lipinski definition) is 0. The summed E-state index contributed by atoms with van der Waals surface area (Å²) >= 11 is 0. The molecule has 0 N–H and O–H groups in total. The van der Waals surface area contributed by atoms with E-state index in [0.717, 1.165) is 0 Å². The molecule has 6 heteroatoms. The van der Waals surface area contributed by atoms with E-state index in [-0.39, 0.29) is 11.3 Å². The Bertz CT molecular complexity index is 791. The van der Waals surface area contributed by atoms with Gasteiger partial charge in [0.05, 0.1) is 29.1 Å². The fourth-order valence-electron chi connectivity index (χ4n) is 1.86. The third-order valence-electron chi connectivity index (χ3n) is 2.75. The van der Waals surface area contributed by atoms with E-state index in [9.17, 15) is 9.18 Å². The summed E-state index contributed by atoms with van der Waals surface area (Å²) in [6, 6.07) is 4.75. The lowest BCUT2D eigenvalue weighted by molar-refractivity contribution is 0.484. The van der Waals surface area contributed by atoms with Gasteiger partial charge in [-0.3, -0.25) is 4.68 Å². The van der Waals surface area contributed by atoms with Gasteiger partial charge in [-0.2, -0.15) is 10.1 Å². The Kier molecular flexibility index (Phi) is 2.22. The van der Waals surface area contributed by atoms with Crippen molar-refractivity contribution < 1.29 is 8.81 Å². The summed E-state index contributed by atoms with van der Waals surface area (Å²) in [4.78, 5) is 14.7. The van der Waals surface area contributed by atoms with Gasteiger partial charge in [0.25, 0.3) is 0 Å². The Morgan fingerprint density at radius 2 is 2.17 bits per heavy atom. The van der Waals surface area contributed by atoms with Gasteiger partial charge in [0.15, 0.2) is 0 Å². The minimum Gasteiger partial charge on any atom is -0.417 e. The lowest BCUT2D eigenvalue weighted by Gasteiger charge is -2.02. The Hall–Kier alpha value is -2.50. The van der Waals surface area contributed by atoms with Gasteiger partial charge in [-0.15, -0.1) is 0 Å². The van der Waals surface area contributed by atoms with Crippen LogP contribution in [-0.4, -0.2) is 14.8 Å². The second kappa shape index (κ2) is 3.76. The molecule has 0 aliphatic heterocycles. The van der Waals surface area contributed by atoms with Crippen LogP contribution in [0.2, 0.25) is 0 Å². The lowest BCUT2D eigenvalue weighted by Crippen LogP contribution is -2.04. The molecule has 2 heterocycles. The predicted molar refractivity (Wildman–Crippen MR) is 62.4 cm³/mol. The Morgan fingerprint density at radius 3 is 2.94 bits per heavy atom. The van der Waals surface area contributed by atoms with Crippen molar-refractivity contribution in [1.29, 1.82) is 0 Å². The molecule has 0 aliphatic carbocycles. The van der Waals surface area contributed by atoms with E-state index in [2.05, 4.69) is 14.5 Å². The number of aromatic nitrogens is 3. The standard InChI is InChI=1S/C12H8FN3O2/c1-16-10-3-2-7(11(13)8(10)6-14-16)9-4-5-18-12(17)15-9/h2-6H,1H3. The van der Waals surface area contributed by atoms with Gasteiger partial charge >= 0.3 is 5.76 Å². The highest BCUT2D eigenvalue weighted by molar-refractivity contribution is 5.84. The van der Waals surface area contributed by atoms with Crippen LogP contribution in [0.25, 0.3) is 22.2 Å². The molecule has 0 unspecified atom stereocenters. The normalized spacial score (nSPS) is 11.0. The predicted octanol–water partition coefficient (Wildman–Crippen LogP) is 1.73. The zero-order chi connectivity index (χ0) is 12.7. The number of nitrogens with zero attached hydrogens (tertiary/aromatic N) is 3. The molecule has 0 spiro atoms. The van der Waals surface area contributed by atoms with Crippen molar-refractivity contribution in [3.05, 3.63) is 47.0 Å². The minimum absolute atomic E-state index is 0.245. The van der Waals surface area contributed by atoms with E-state index in [4.69, 9.17) is 0 Å². The van der Waals surface area contributed by atoms with Gasteiger partial charge in [0.1, 0.15) is 5.82 Å². The van der Waals surface area contributed by atoms with E-state index < -0.39 is 11.6 Å². The number of rotatable bonds is 1. The van der Waals surface area contributed by atoms with Crippen molar-refractivity contribution in [2.75, 3.05) is 0 Å². The van der Waals surface area contributed by atoms with Crippen molar-refractivity contribution in [2.45, 2.75) is 0 Å². The largest absolute Gasteiger partial charge is 0.439 e. The number of fused-ring (bicyclic) bond motifs is 1. The summed E-state index contributed by atoms with van der Waals surface area (Å²) in [6.45, 7) is 0. The van der Waals surface area contributed by atoms with Crippen molar-refractivity contribution >= 4 is 10.9 Å². The van der Waals surface area contributed by atoms with Crippen LogP contribution in [0.1, 0.15) is 0 Å². The first kappa shape index (κ1) is 10.6. The smallest absolute Gasteiger partial charge is 0.417 e. The van der Waals surface area contributed by atoms with Crippen LogP contribution < -0.4 is 5.76 Å². The summed E-state index contributed by atoms with van der Waals surface area (Å²) in [5.41, 5.74) is 1.18. The van der Waals surface area contributed by atoms with Crippen LogP contribution in [0.5, 0.6) is 0 Å². The molecule has 0 atom stereocenters. The second-order valence-corrected chi connectivity index (χ2v) is 3.81. The van der Waals surface area contributed by atoms with Crippen LogP contribution >= 0.6 is 0 Å². The minimum atomic E-state index is -0.752. The molecule has 3 rings (SSSR count). The van der Waals surface area contributed by atoms with Crippen molar-refractivity contribution in [1.82, 2.24) is 14.8 Å². The molecule has 0 radical (unpaired) electrons. The molecule has 5 nitrogen and oxygen atoms in total. The fourth-order valence-corrected chi connectivity index (χ4v) is 1.86. The first-order valence-electron chi connectivity index (χ1n) is 5.23. The molecule has 0 aliphatic rings. The van der Waals surface area contributed by atoms with Gasteiger partial charge in [-0.05, 0) is 12.1 Å². The number of aryl methyl sites for hydroxylation is 1. The molecule has 0 saturated carbocycles. The van der Waals surface area contributed by atoms with Gasteiger partial charge < -0.3 is 4.42 Å². The fraction of sp³-hybridized carbons (Fsp3) is 0.0833. The van der Waals surface area contributed by atoms with Crippen LogP contribution in [0.4, 0.5) is 4.39 Å². The molecule has 2 aromatic heterocycles. The monoisotopic (exact) mass is 245 g/mol. The molecule has 1 aromatic carbocycles. The van der Waals surface area contributed by atoms with Crippen LogP contribution in [0, 0.1) is 5.82 Å². The molecule has 0 fully saturated rings. The highest BCUT2D eigenvalue weighted by Crippen LogP contribution is 2.26. The maximum Gasteiger partial charge on any atom is 0.439 e. The third kappa shape index (κ3) is 1.50. The quantitative estimate of drug-likeness (QED) is 0.655. The number of hydrogen-bond acceptors (Lipinski definition) is 4. The summed E-state index contributed by atoms with van der Waals surface area (Å²) in [5, 5.41) is 4.38. The topological polar surface area (TPSA) is 60.9 Å². The summed E-state index contributed by atoms with van der Waals surface area (Å²) in [7, 11) is 1.73. The average Bonchev–Trinajstić information content (AvgIpc) is 2.73. The van der Waals surface area contributed by atoms with Crippen molar-refractivity contribution in [3.8, 4) is 11.3 Å². The van der Waals surface area contributed by atoms with E-state index in [1.807, 2.05) is 0 Å². The molecular formula is C12H8FN3O2. The molecular weight excluding hydrogens is 237 g/mol. The summed E-state index contributed by atoms with van der Waals surface area (Å²) < 4.78 is 20.4. The third-order valence-corrected chi connectivity index (χ3v) is 2.75. The summed E-state index contributed by atoms with van der Waals surface area (Å²) in [6.07, 6.45) is 2.64.